The lowest BCUT2D eigenvalue weighted by Gasteiger charge is -2.07. The lowest BCUT2D eigenvalue weighted by Crippen LogP contribution is -1.92. The van der Waals surface area contributed by atoms with Crippen LogP contribution >= 0.6 is 0 Å². The second-order valence-electron chi connectivity index (χ2n) is 3.37. The molecule has 70 valence electrons. The van der Waals surface area contributed by atoms with E-state index in [-0.39, 0.29) is 6.61 Å². The molecule has 0 aromatic heterocycles. The van der Waals surface area contributed by atoms with Gasteiger partial charge in [0.1, 0.15) is 0 Å². The van der Waals surface area contributed by atoms with E-state index in [2.05, 4.69) is 25.1 Å². The summed E-state index contributed by atoms with van der Waals surface area (Å²) >= 11 is 0. The standard InChI is InChI=1S/C12H16O/c1-10(9-13)8-11(2)12-6-4-3-5-7-12/h3-8,11,13H,9H2,1-2H3. The summed E-state index contributed by atoms with van der Waals surface area (Å²) < 4.78 is 0. The number of aliphatic hydroxyl groups is 1. The zero-order valence-corrected chi connectivity index (χ0v) is 8.20. The van der Waals surface area contributed by atoms with Crippen molar-refractivity contribution in [2.24, 2.45) is 0 Å². The number of hydrogen-bond acceptors (Lipinski definition) is 1. The fourth-order valence-corrected chi connectivity index (χ4v) is 1.33. The van der Waals surface area contributed by atoms with Gasteiger partial charge in [-0.15, -0.1) is 0 Å². The van der Waals surface area contributed by atoms with E-state index in [0.29, 0.717) is 5.92 Å². The van der Waals surface area contributed by atoms with Gasteiger partial charge >= 0.3 is 0 Å². The number of hydrogen-bond donors (Lipinski definition) is 1. The molecule has 0 spiro atoms. The molecule has 0 saturated heterocycles. The van der Waals surface area contributed by atoms with Gasteiger partial charge in [0.15, 0.2) is 0 Å². The third-order valence-electron chi connectivity index (χ3n) is 2.11. The summed E-state index contributed by atoms with van der Waals surface area (Å²) in [5.74, 6) is 0.383. The first kappa shape index (κ1) is 10.0. The molecule has 0 radical (unpaired) electrons. The smallest absolute Gasteiger partial charge is 0.0639 e. The fourth-order valence-electron chi connectivity index (χ4n) is 1.33. The molecule has 1 aromatic carbocycles. The van der Waals surface area contributed by atoms with E-state index in [9.17, 15) is 0 Å². The van der Waals surface area contributed by atoms with Crippen LogP contribution in [0.1, 0.15) is 25.3 Å². The molecule has 0 aliphatic carbocycles. The number of rotatable bonds is 3. The van der Waals surface area contributed by atoms with Crippen molar-refractivity contribution >= 4 is 0 Å². The van der Waals surface area contributed by atoms with Crippen molar-refractivity contribution in [1.82, 2.24) is 0 Å². The van der Waals surface area contributed by atoms with Crippen LogP contribution in [0.15, 0.2) is 42.0 Å². The second kappa shape index (κ2) is 4.83. The highest BCUT2D eigenvalue weighted by atomic mass is 16.3. The van der Waals surface area contributed by atoms with Crippen molar-refractivity contribution < 1.29 is 5.11 Å². The Morgan fingerprint density at radius 2 is 2.00 bits per heavy atom. The van der Waals surface area contributed by atoms with Gasteiger partial charge in [-0.25, -0.2) is 0 Å². The Morgan fingerprint density at radius 3 is 2.54 bits per heavy atom. The monoisotopic (exact) mass is 176 g/mol. The molecule has 0 aliphatic rings. The molecule has 0 aliphatic heterocycles. The summed E-state index contributed by atoms with van der Waals surface area (Å²) in [6.07, 6.45) is 2.09. The Bertz CT molecular complexity index is 274. The maximum Gasteiger partial charge on any atom is 0.0639 e. The van der Waals surface area contributed by atoms with Gasteiger partial charge in [0.2, 0.25) is 0 Å². The summed E-state index contributed by atoms with van der Waals surface area (Å²) in [4.78, 5) is 0. The third kappa shape index (κ3) is 3.03. The van der Waals surface area contributed by atoms with E-state index in [0.717, 1.165) is 5.57 Å². The molecule has 1 heteroatoms. The van der Waals surface area contributed by atoms with Crippen LogP contribution in [0.5, 0.6) is 0 Å². The molecule has 1 N–H and O–H groups in total. The van der Waals surface area contributed by atoms with E-state index < -0.39 is 0 Å². The molecule has 0 heterocycles. The normalized spacial score (nSPS) is 14.2. The molecule has 1 rings (SSSR count). The first-order valence-corrected chi connectivity index (χ1v) is 4.57. The van der Waals surface area contributed by atoms with Crippen molar-refractivity contribution in [2.75, 3.05) is 6.61 Å². The van der Waals surface area contributed by atoms with E-state index in [1.54, 1.807) is 0 Å². The Labute approximate surface area is 79.7 Å². The highest BCUT2D eigenvalue weighted by Gasteiger charge is 2.00. The van der Waals surface area contributed by atoms with E-state index >= 15 is 0 Å². The van der Waals surface area contributed by atoms with Crippen LogP contribution in [0, 0.1) is 0 Å². The summed E-state index contributed by atoms with van der Waals surface area (Å²) in [5, 5.41) is 8.86. The second-order valence-corrected chi connectivity index (χ2v) is 3.37. The fraction of sp³-hybridized carbons (Fsp3) is 0.333. The maximum atomic E-state index is 8.86. The first-order chi connectivity index (χ1) is 6.24. The predicted molar refractivity (Wildman–Crippen MR) is 55.7 cm³/mol. The van der Waals surface area contributed by atoms with Crippen LogP contribution in [0.2, 0.25) is 0 Å². The summed E-state index contributed by atoms with van der Waals surface area (Å²) in [6, 6.07) is 10.3. The van der Waals surface area contributed by atoms with Gasteiger partial charge < -0.3 is 5.11 Å². The largest absolute Gasteiger partial charge is 0.392 e. The SMILES string of the molecule is CC(=CC(C)c1ccccc1)CO. The number of benzene rings is 1. The van der Waals surface area contributed by atoms with Crippen molar-refractivity contribution in [3.63, 3.8) is 0 Å². The quantitative estimate of drug-likeness (QED) is 0.702. The lowest BCUT2D eigenvalue weighted by atomic mass is 9.99. The molecule has 13 heavy (non-hydrogen) atoms. The Balaban J connectivity index is 2.75. The van der Waals surface area contributed by atoms with Gasteiger partial charge in [-0.05, 0) is 18.4 Å². The number of aliphatic hydroxyl groups excluding tert-OH is 1. The highest BCUT2D eigenvalue weighted by Crippen LogP contribution is 2.17. The first-order valence-electron chi connectivity index (χ1n) is 4.57. The van der Waals surface area contributed by atoms with Crippen LogP contribution in [-0.2, 0) is 0 Å². The topological polar surface area (TPSA) is 20.2 Å². The molecule has 0 saturated carbocycles. The van der Waals surface area contributed by atoms with E-state index in [1.807, 2.05) is 25.1 Å². The van der Waals surface area contributed by atoms with Crippen molar-refractivity contribution in [3.8, 4) is 0 Å². The van der Waals surface area contributed by atoms with E-state index in [4.69, 9.17) is 5.11 Å². The minimum absolute atomic E-state index is 0.150. The predicted octanol–water partition coefficient (Wildman–Crippen LogP) is 2.73. The lowest BCUT2D eigenvalue weighted by molar-refractivity contribution is 0.330. The van der Waals surface area contributed by atoms with Crippen molar-refractivity contribution in [1.29, 1.82) is 0 Å². The Hall–Kier alpha value is -1.08. The maximum absolute atomic E-state index is 8.86. The molecule has 0 amide bonds. The molecule has 0 fully saturated rings. The molecule has 0 bridgehead atoms. The van der Waals surface area contributed by atoms with Crippen LogP contribution in [0.25, 0.3) is 0 Å². The van der Waals surface area contributed by atoms with Crippen molar-refractivity contribution in [2.45, 2.75) is 19.8 Å². The Morgan fingerprint density at radius 1 is 1.38 bits per heavy atom. The van der Waals surface area contributed by atoms with E-state index in [1.165, 1.54) is 5.56 Å². The van der Waals surface area contributed by atoms with Gasteiger partial charge in [0, 0.05) is 0 Å². The summed E-state index contributed by atoms with van der Waals surface area (Å²) in [6.45, 7) is 4.23. The number of allylic oxidation sites excluding steroid dienone is 1. The Kier molecular flexibility index (Phi) is 3.71. The minimum atomic E-state index is 0.150. The summed E-state index contributed by atoms with van der Waals surface area (Å²) in [7, 11) is 0. The minimum Gasteiger partial charge on any atom is -0.392 e. The molecular weight excluding hydrogens is 160 g/mol. The average molecular weight is 176 g/mol. The average Bonchev–Trinajstić information content (AvgIpc) is 2.19. The van der Waals surface area contributed by atoms with Gasteiger partial charge in [0.05, 0.1) is 6.61 Å². The molecule has 1 aromatic rings. The third-order valence-corrected chi connectivity index (χ3v) is 2.11. The van der Waals surface area contributed by atoms with Gasteiger partial charge in [-0.1, -0.05) is 48.9 Å². The zero-order valence-electron chi connectivity index (χ0n) is 8.20. The molecule has 1 nitrogen and oxygen atoms in total. The van der Waals surface area contributed by atoms with Crippen molar-refractivity contribution in [3.05, 3.63) is 47.5 Å². The molecule has 1 unspecified atom stereocenters. The van der Waals surface area contributed by atoms with Crippen LogP contribution < -0.4 is 0 Å². The molecular formula is C12H16O. The highest BCUT2D eigenvalue weighted by molar-refractivity contribution is 5.24. The van der Waals surface area contributed by atoms with Crippen LogP contribution in [0.3, 0.4) is 0 Å². The van der Waals surface area contributed by atoms with Gasteiger partial charge in [0.25, 0.3) is 0 Å². The van der Waals surface area contributed by atoms with Gasteiger partial charge in [-0.3, -0.25) is 0 Å². The van der Waals surface area contributed by atoms with Crippen LogP contribution in [0.4, 0.5) is 0 Å². The summed E-state index contributed by atoms with van der Waals surface area (Å²) in [5.41, 5.74) is 2.31. The zero-order chi connectivity index (χ0) is 9.68. The molecule has 1 atom stereocenters. The van der Waals surface area contributed by atoms with Crippen LogP contribution in [-0.4, -0.2) is 11.7 Å². The van der Waals surface area contributed by atoms with Gasteiger partial charge in [-0.2, -0.15) is 0 Å².